The first-order valence-electron chi connectivity index (χ1n) is 6.83. The fourth-order valence-electron chi connectivity index (χ4n) is 1.88. The summed E-state index contributed by atoms with van der Waals surface area (Å²) in [5, 5.41) is 3.97. The maximum Gasteiger partial charge on any atom is 0.244 e. The van der Waals surface area contributed by atoms with Crippen LogP contribution >= 0.6 is 0 Å². The number of rotatable bonds is 5. The van der Waals surface area contributed by atoms with Gasteiger partial charge in [-0.2, -0.15) is 5.10 Å². The highest BCUT2D eigenvalue weighted by Gasteiger charge is 2.00. The Morgan fingerprint density at radius 1 is 1.05 bits per heavy atom. The quantitative estimate of drug-likeness (QED) is 0.660. The third-order valence-corrected chi connectivity index (χ3v) is 2.86. The molecule has 0 bridgehead atoms. The molecule has 0 radical (unpaired) electrons. The standard InChI is InChI=1S/C18H18N2O/c1-15(12-16-8-4-2-5-9-16)14-19-20-18(21)13-17-10-6-3-7-11-17/h2-12,14H,13H2,1H3,(H,20,21)/b15-12-,19-14?. The molecule has 106 valence electrons. The highest BCUT2D eigenvalue weighted by atomic mass is 16.2. The van der Waals surface area contributed by atoms with Crippen LogP contribution in [0.1, 0.15) is 18.1 Å². The third-order valence-electron chi connectivity index (χ3n) is 2.86. The summed E-state index contributed by atoms with van der Waals surface area (Å²) in [5.74, 6) is -0.120. The maximum atomic E-state index is 11.7. The van der Waals surface area contributed by atoms with Crippen molar-refractivity contribution >= 4 is 18.2 Å². The van der Waals surface area contributed by atoms with Crippen LogP contribution in [0.2, 0.25) is 0 Å². The molecule has 0 fully saturated rings. The van der Waals surface area contributed by atoms with E-state index in [9.17, 15) is 4.79 Å². The first-order valence-corrected chi connectivity index (χ1v) is 6.83. The largest absolute Gasteiger partial charge is 0.273 e. The number of hydrazone groups is 1. The fourth-order valence-corrected chi connectivity index (χ4v) is 1.88. The van der Waals surface area contributed by atoms with Gasteiger partial charge in [0.05, 0.1) is 12.6 Å². The van der Waals surface area contributed by atoms with E-state index in [2.05, 4.69) is 10.5 Å². The molecular weight excluding hydrogens is 260 g/mol. The summed E-state index contributed by atoms with van der Waals surface area (Å²) in [5.41, 5.74) is 5.59. The van der Waals surface area contributed by atoms with Crippen molar-refractivity contribution in [2.75, 3.05) is 0 Å². The zero-order chi connectivity index (χ0) is 14.9. The van der Waals surface area contributed by atoms with Gasteiger partial charge in [-0.15, -0.1) is 0 Å². The van der Waals surface area contributed by atoms with Crippen LogP contribution in [-0.2, 0) is 11.2 Å². The summed E-state index contributed by atoms with van der Waals surface area (Å²) in [6.07, 6.45) is 3.99. The predicted molar refractivity (Wildman–Crippen MR) is 86.9 cm³/mol. The van der Waals surface area contributed by atoms with E-state index in [1.54, 1.807) is 6.21 Å². The minimum absolute atomic E-state index is 0.120. The van der Waals surface area contributed by atoms with E-state index in [0.29, 0.717) is 6.42 Å². The van der Waals surface area contributed by atoms with Gasteiger partial charge in [0.15, 0.2) is 0 Å². The Morgan fingerprint density at radius 3 is 2.33 bits per heavy atom. The van der Waals surface area contributed by atoms with Crippen molar-refractivity contribution < 1.29 is 4.79 Å². The third kappa shape index (κ3) is 5.45. The van der Waals surface area contributed by atoms with Gasteiger partial charge in [0.1, 0.15) is 0 Å². The molecule has 2 aromatic carbocycles. The van der Waals surface area contributed by atoms with E-state index in [0.717, 1.165) is 16.7 Å². The molecule has 0 aliphatic heterocycles. The molecule has 2 rings (SSSR count). The van der Waals surface area contributed by atoms with Crippen LogP contribution in [-0.4, -0.2) is 12.1 Å². The van der Waals surface area contributed by atoms with Gasteiger partial charge < -0.3 is 0 Å². The number of amides is 1. The van der Waals surface area contributed by atoms with Crippen LogP contribution in [0.3, 0.4) is 0 Å². The molecule has 2 aromatic rings. The Labute approximate surface area is 125 Å². The lowest BCUT2D eigenvalue weighted by Gasteiger charge is -2.00. The lowest BCUT2D eigenvalue weighted by atomic mass is 10.1. The number of nitrogens with one attached hydrogen (secondary N) is 1. The zero-order valence-electron chi connectivity index (χ0n) is 12.0. The number of allylic oxidation sites excluding steroid dienone is 1. The first-order chi connectivity index (χ1) is 10.2. The van der Waals surface area contributed by atoms with E-state index < -0.39 is 0 Å². The van der Waals surface area contributed by atoms with Crippen LogP contribution in [0, 0.1) is 0 Å². The minimum Gasteiger partial charge on any atom is -0.273 e. The summed E-state index contributed by atoms with van der Waals surface area (Å²) in [7, 11) is 0. The Balaban J connectivity index is 1.84. The number of hydrogen-bond acceptors (Lipinski definition) is 2. The van der Waals surface area contributed by atoms with Crippen LogP contribution < -0.4 is 5.43 Å². The molecular formula is C18H18N2O. The predicted octanol–water partition coefficient (Wildman–Crippen LogP) is 3.43. The minimum atomic E-state index is -0.120. The highest BCUT2D eigenvalue weighted by molar-refractivity contribution is 5.86. The van der Waals surface area contributed by atoms with E-state index in [1.165, 1.54) is 0 Å². The molecule has 1 amide bonds. The van der Waals surface area contributed by atoms with Crippen LogP contribution in [0.25, 0.3) is 6.08 Å². The van der Waals surface area contributed by atoms with Gasteiger partial charge >= 0.3 is 0 Å². The first kappa shape index (κ1) is 14.7. The van der Waals surface area contributed by atoms with Crippen LogP contribution in [0.4, 0.5) is 0 Å². The number of benzene rings is 2. The number of hydrogen-bond donors (Lipinski definition) is 1. The molecule has 0 heterocycles. The molecule has 21 heavy (non-hydrogen) atoms. The Morgan fingerprint density at radius 2 is 1.67 bits per heavy atom. The molecule has 0 aliphatic rings. The second-order valence-electron chi connectivity index (χ2n) is 4.75. The van der Waals surface area contributed by atoms with Gasteiger partial charge in [0.25, 0.3) is 0 Å². The van der Waals surface area contributed by atoms with Gasteiger partial charge in [-0.3, -0.25) is 4.79 Å². The Bertz CT molecular complexity index is 631. The molecule has 0 aliphatic carbocycles. The summed E-state index contributed by atoms with van der Waals surface area (Å²) >= 11 is 0. The van der Waals surface area contributed by atoms with Crippen molar-refractivity contribution in [3.8, 4) is 0 Å². The van der Waals surface area contributed by atoms with Gasteiger partial charge in [0, 0.05) is 0 Å². The summed E-state index contributed by atoms with van der Waals surface area (Å²) < 4.78 is 0. The monoisotopic (exact) mass is 278 g/mol. The maximum absolute atomic E-state index is 11.7. The van der Waals surface area contributed by atoms with E-state index >= 15 is 0 Å². The Kier molecular flexibility index (Phi) is 5.47. The molecule has 3 heteroatoms. The average molecular weight is 278 g/mol. The lowest BCUT2D eigenvalue weighted by molar-refractivity contribution is -0.120. The van der Waals surface area contributed by atoms with Crippen molar-refractivity contribution in [1.82, 2.24) is 5.43 Å². The normalized spacial score (nSPS) is 11.6. The number of carbonyl (C=O) groups is 1. The average Bonchev–Trinajstić information content (AvgIpc) is 2.49. The Hall–Kier alpha value is -2.68. The molecule has 0 unspecified atom stereocenters. The fraction of sp³-hybridized carbons (Fsp3) is 0.111. The van der Waals surface area contributed by atoms with Crippen LogP contribution in [0.15, 0.2) is 71.3 Å². The smallest absolute Gasteiger partial charge is 0.244 e. The topological polar surface area (TPSA) is 41.5 Å². The van der Waals surface area contributed by atoms with Gasteiger partial charge in [-0.05, 0) is 23.6 Å². The van der Waals surface area contributed by atoms with E-state index in [1.807, 2.05) is 73.7 Å². The summed E-state index contributed by atoms with van der Waals surface area (Å²) in [6, 6.07) is 19.6. The van der Waals surface area contributed by atoms with Crippen molar-refractivity contribution in [1.29, 1.82) is 0 Å². The summed E-state index contributed by atoms with van der Waals surface area (Å²) in [6.45, 7) is 1.94. The van der Waals surface area contributed by atoms with Crippen molar-refractivity contribution in [3.63, 3.8) is 0 Å². The molecule has 0 aromatic heterocycles. The van der Waals surface area contributed by atoms with Gasteiger partial charge in [-0.25, -0.2) is 5.43 Å². The van der Waals surface area contributed by atoms with Crippen LogP contribution in [0.5, 0.6) is 0 Å². The molecule has 0 saturated carbocycles. The second kappa shape index (κ2) is 7.80. The van der Waals surface area contributed by atoms with Crippen molar-refractivity contribution in [2.45, 2.75) is 13.3 Å². The number of nitrogens with zero attached hydrogens (tertiary/aromatic N) is 1. The SMILES string of the molecule is C/C(C=NNC(=O)Cc1ccccc1)=C/c1ccccc1. The molecule has 1 N–H and O–H groups in total. The highest BCUT2D eigenvalue weighted by Crippen LogP contribution is 2.04. The van der Waals surface area contributed by atoms with Gasteiger partial charge in [0.2, 0.25) is 5.91 Å². The molecule has 3 nitrogen and oxygen atoms in total. The zero-order valence-corrected chi connectivity index (χ0v) is 12.0. The van der Waals surface area contributed by atoms with Crippen molar-refractivity contribution in [2.24, 2.45) is 5.10 Å². The molecule has 0 saturated heterocycles. The summed E-state index contributed by atoms with van der Waals surface area (Å²) in [4.78, 5) is 11.7. The van der Waals surface area contributed by atoms with Gasteiger partial charge in [-0.1, -0.05) is 66.7 Å². The molecule has 0 atom stereocenters. The number of carbonyl (C=O) groups excluding carboxylic acids is 1. The second-order valence-corrected chi connectivity index (χ2v) is 4.75. The van der Waals surface area contributed by atoms with E-state index in [4.69, 9.17) is 0 Å². The molecule has 0 spiro atoms. The van der Waals surface area contributed by atoms with Crippen molar-refractivity contribution in [3.05, 3.63) is 77.4 Å². The lowest BCUT2D eigenvalue weighted by Crippen LogP contribution is -2.19. The van der Waals surface area contributed by atoms with E-state index in [-0.39, 0.29) is 5.91 Å².